The van der Waals surface area contributed by atoms with Gasteiger partial charge in [-0.15, -0.1) is 0 Å². The number of piperazine rings is 1. The standard InChI is InChI=1S/C23H27N3O5S/c1-25-11-13-26(14-12-25)32(28,29)19-6-4-5-17(15-19)22(27)24-18-7-8-20-21(16-18)31-23(30-20)9-2-3-10-23/h4-8,15-16H,2-3,9-14H2,1H3,(H,24,27). The number of fused-ring (bicyclic) bond motifs is 1. The number of benzene rings is 2. The SMILES string of the molecule is CN1CCN(S(=O)(=O)c2cccc(C(=O)Nc3ccc4c(c3)OC3(CCCC3)O4)c2)CC1. The van der Waals surface area contributed by atoms with Gasteiger partial charge in [0.05, 0.1) is 4.90 Å². The van der Waals surface area contributed by atoms with Gasteiger partial charge in [-0.2, -0.15) is 4.31 Å². The van der Waals surface area contributed by atoms with E-state index < -0.39 is 15.8 Å². The molecule has 0 bridgehead atoms. The van der Waals surface area contributed by atoms with E-state index in [-0.39, 0.29) is 16.4 Å². The molecule has 9 heteroatoms. The highest BCUT2D eigenvalue weighted by Gasteiger charge is 2.44. The van der Waals surface area contributed by atoms with Crippen LogP contribution in [-0.4, -0.2) is 62.5 Å². The molecule has 3 aliphatic rings. The average molecular weight is 458 g/mol. The minimum Gasteiger partial charge on any atom is -0.448 e. The van der Waals surface area contributed by atoms with Crippen molar-refractivity contribution < 1.29 is 22.7 Å². The highest BCUT2D eigenvalue weighted by atomic mass is 32.2. The van der Waals surface area contributed by atoms with Crippen LogP contribution in [0.25, 0.3) is 0 Å². The van der Waals surface area contributed by atoms with E-state index in [0.29, 0.717) is 43.4 Å². The van der Waals surface area contributed by atoms with Gasteiger partial charge in [-0.25, -0.2) is 8.42 Å². The smallest absolute Gasteiger partial charge is 0.255 e. The molecule has 170 valence electrons. The van der Waals surface area contributed by atoms with Crippen molar-refractivity contribution in [1.82, 2.24) is 9.21 Å². The van der Waals surface area contributed by atoms with Crippen LogP contribution in [0.3, 0.4) is 0 Å². The summed E-state index contributed by atoms with van der Waals surface area (Å²) in [6, 6.07) is 11.5. The van der Waals surface area contributed by atoms with Crippen molar-refractivity contribution in [3.63, 3.8) is 0 Å². The van der Waals surface area contributed by atoms with Crippen molar-refractivity contribution in [2.75, 3.05) is 38.5 Å². The first-order valence-electron chi connectivity index (χ1n) is 11.0. The molecule has 0 aromatic heterocycles. The van der Waals surface area contributed by atoms with Gasteiger partial charge in [-0.1, -0.05) is 6.07 Å². The predicted octanol–water partition coefficient (Wildman–Crippen LogP) is 2.92. The Balaban J connectivity index is 1.31. The summed E-state index contributed by atoms with van der Waals surface area (Å²) in [7, 11) is -1.67. The molecule has 2 aliphatic heterocycles. The number of nitrogens with one attached hydrogen (secondary N) is 1. The molecule has 1 aliphatic carbocycles. The second-order valence-corrected chi connectivity index (χ2v) is 10.6. The first kappa shape index (κ1) is 21.2. The van der Waals surface area contributed by atoms with E-state index in [1.54, 1.807) is 30.3 Å². The third-order valence-electron chi connectivity index (χ3n) is 6.36. The average Bonchev–Trinajstić information content (AvgIpc) is 3.39. The Bertz CT molecular complexity index is 1140. The molecule has 1 amide bonds. The molecule has 0 radical (unpaired) electrons. The number of carbonyl (C=O) groups is 1. The fourth-order valence-electron chi connectivity index (χ4n) is 4.47. The highest BCUT2D eigenvalue weighted by molar-refractivity contribution is 7.89. The van der Waals surface area contributed by atoms with Crippen LogP contribution in [-0.2, 0) is 10.0 Å². The van der Waals surface area contributed by atoms with Crippen LogP contribution in [0.15, 0.2) is 47.4 Å². The lowest BCUT2D eigenvalue weighted by molar-refractivity contribution is -0.0716. The van der Waals surface area contributed by atoms with E-state index in [0.717, 1.165) is 25.7 Å². The summed E-state index contributed by atoms with van der Waals surface area (Å²) in [6.07, 6.45) is 3.87. The number of hydrogen-bond donors (Lipinski definition) is 1. The van der Waals surface area contributed by atoms with Crippen LogP contribution in [0, 0.1) is 0 Å². The topological polar surface area (TPSA) is 88.2 Å². The molecular formula is C23H27N3O5S. The van der Waals surface area contributed by atoms with Gasteiger partial charge in [-0.05, 0) is 50.2 Å². The van der Waals surface area contributed by atoms with Gasteiger partial charge < -0.3 is 19.7 Å². The Morgan fingerprint density at radius 2 is 1.69 bits per heavy atom. The van der Waals surface area contributed by atoms with E-state index in [1.165, 1.54) is 16.4 Å². The maximum absolute atomic E-state index is 13.0. The zero-order valence-corrected chi connectivity index (χ0v) is 18.9. The summed E-state index contributed by atoms with van der Waals surface area (Å²) in [6.45, 7) is 2.25. The number of sulfonamides is 1. The third kappa shape index (κ3) is 3.96. The van der Waals surface area contributed by atoms with Gasteiger partial charge in [0.2, 0.25) is 10.0 Å². The number of rotatable bonds is 4. The van der Waals surface area contributed by atoms with Crippen molar-refractivity contribution in [2.24, 2.45) is 0 Å². The summed E-state index contributed by atoms with van der Waals surface area (Å²) in [5.41, 5.74) is 0.852. The molecule has 2 heterocycles. The number of hydrogen-bond acceptors (Lipinski definition) is 6. The minimum atomic E-state index is -3.65. The van der Waals surface area contributed by atoms with Crippen LogP contribution in [0.2, 0.25) is 0 Å². The Hall–Kier alpha value is -2.62. The zero-order chi connectivity index (χ0) is 22.3. The largest absolute Gasteiger partial charge is 0.448 e. The van der Waals surface area contributed by atoms with Crippen LogP contribution in [0.4, 0.5) is 5.69 Å². The fraction of sp³-hybridized carbons (Fsp3) is 0.435. The molecule has 1 spiro atoms. The van der Waals surface area contributed by atoms with Gasteiger partial charge in [0.15, 0.2) is 11.5 Å². The van der Waals surface area contributed by atoms with Crippen LogP contribution >= 0.6 is 0 Å². The Morgan fingerprint density at radius 3 is 2.44 bits per heavy atom. The monoisotopic (exact) mass is 457 g/mol. The highest BCUT2D eigenvalue weighted by Crippen LogP contribution is 2.47. The van der Waals surface area contributed by atoms with Crippen molar-refractivity contribution in [3.8, 4) is 11.5 Å². The van der Waals surface area contributed by atoms with Gasteiger partial charge in [0.1, 0.15) is 0 Å². The van der Waals surface area contributed by atoms with Gasteiger partial charge in [-0.3, -0.25) is 4.79 Å². The number of ether oxygens (including phenoxy) is 2. The maximum Gasteiger partial charge on any atom is 0.255 e. The lowest BCUT2D eigenvalue weighted by Gasteiger charge is -2.31. The van der Waals surface area contributed by atoms with Gasteiger partial charge in [0, 0.05) is 56.3 Å². The molecule has 8 nitrogen and oxygen atoms in total. The van der Waals surface area contributed by atoms with Crippen molar-refractivity contribution in [1.29, 1.82) is 0 Å². The Labute approximate surface area is 188 Å². The van der Waals surface area contributed by atoms with E-state index in [4.69, 9.17) is 9.47 Å². The zero-order valence-electron chi connectivity index (χ0n) is 18.0. The summed E-state index contributed by atoms with van der Waals surface area (Å²) in [5.74, 6) is 0.368. The van der Waals surface area contributed by atoms with Crippen LogP contribution in [0.1, 0.15) is 36.0 Å². The first-order valence-corrected chi connectivity index (χ1v) is 12.4. The second kappa shape index (κ2) is 8.06. The fourth-order valence-corrected chi connectivity index (χ4v) is 5.94. The van der Waals surface area contributed by atoms with Crippen LogP contribution < -0.4 is 14.8 Å². The van der Waals surface area contributed by atoms with Crippen molar-refractivity contribution in [2.45, 2.75) is 36.4 Å². The number of amides is 1. The number of likely N-dealkylation sites (N-methyl/N-ethyl adjacent to an activating group) is 1. The number of anilines is 1. The van der Waals surface area contributed by atoms with Gasteiger partial charge >= 0.3 is 0 Å². The van der Waals surface area contributed by atoms with E-state index >= 15 is 0 Å². The summed E-state index contributed by atoms with van der Waals surface area (Å²) >= 11 is 0. The molecule has 1 saturated heterocycles. The molecule has 2 aromatic rings. The summed E-state index contributed by atoms with van der Waals surface area (Å²) in [5, 5.41) is 2.84. The molecule has 32 heavy (non-hydrogen) atoms. The molecule has 5 rings (SSSR count). The lowest BCUT2D eigenvalue weighted by Crippen LogP contribution is -2.47. The normalized spacial score (nSPS) is 20.5. The summed E-state index contributed by atoms with van der Waals surface area (Å²) < 4.78 is 39.6. The van der Waals surface area contributed by atoms with Crippen molar-refractivity contribution >= 4 is 21.6 Å². The summed E-state index contributed by atoms with van der Waals surface area (Å²) in [4.78, 5) is 15.1. The molecule has 0 unspecified atom stereocenters. The lowest BCUT2D eigenvalue weighted by atomic mass is 10.2. The third-order valence-corrected chi connectivity index (χ3v) is 8.25. The molecule has 2 fully saturated rings. The Morgan fingerprint density at radius 1 is 0.969 bits per heavy atom. The second-order valence-electron chi connectivity index (χ2n) is 8.67. The van der Waals surface area contributed by atoms with E-state index in [2.05, 4.69) is 10.2 Å². The Kier molecular flexibility index (Phi) is 5.35. The molecule has 1 saturated carbocycles. The van der Waals surface area contributed by atoms with Crippen molar-refractivity contribution in [3.05, 3.63) is 48.0 Å². The number of nitrogens with zero attached hydrogens (tertiary/aromatic N) is 2. The molecule has 1 N–H and O–H groups in total. The first-order chi connectivity index (χ1) is 15.3. The van der Waals surface area contributed by atoms with Gasteiger partial charge in [0.25, 0.3) is 11.7 Å². The van der Waals surface area contributed by atoms with E-state index in [1.807, 2.05) is 7.05 Å². The predicted molar refractivity (Wildman–Crippen MR) is 120 cm³/mol. The quantitative estimate of drug-likeness (QED) is 0.760. The minimum absolute atomic E-state index is 0.128. The maximum atomic E-state index is 13.0. The molecular weight excluding hydrogens is 430 g/mol. The molecule has 2 aromatic carbocycles. The molecule has 0 atom stereocenters. The number of carbonyl (C=O) groups excluding carboxylic acids is 1. The van der Waals surface area contributed by atoms with E-state index in [9.17, 15) is 13.2 Å². The van der Waals surface area contributed by atoms with Crippen LogP contribution in [0.5, 0.6) is 11.5 Å².